The van der Waals surface area contributed by atoms with Gasteiger partial charge < -0.3 is 14.8 Å². The summed E-state index contributed by atoms with van der Waals surface area (Å²) in [6.45, 7) is 8.82. The number of rotatable bonds is 5. The number of nitrogens with one attached hydrogen (secondary N) is 1. The first-order valence-corrected chi connectivity index (χ1v) is 9.88. The summed E-state index contributed by atoms with van der Waals surface area (Å²) in [6.07, 6.45) is 2.33. The largest absolute Gasteiger partial charge is 0.351 e. The molecule has 0 bridgehead atoms. The molecule has 132 valence electrons. The number of thiophene rings is 1. The summed E-state index contributed by atoms with van der Waals surface area (Å²) in [4.78, 5) is 14.9. The molecule has 24 heavy (non-hydrogen) atoms. The summed E-state index contributed by atoms with van der Waals surface area (Å²) in [5, 5.41) is 3.05. The van der Waals surface area contributed by atoms with E-state index in [1.165, 1.54) is 30.8 Å². The molecule has 1 amide bonds. The van der Waals surface area contributed by atoms with E-state index in [4.69, 9.17) is 11.6 Å². The second-order valence-corrected chi connectivity index (χ2v) is 8.92. The lowest BCUT2D eigenvalue weighted by Gasteiger charge is -2.34. The highest BCUT2D eigenvalue weighted by atomic mass is 35.5. The van der Waals surface area contributed by atoms with Gasteiger partial charge >= 0.3 is 0 Å². The highest BCUT2D eigenvalue weighted by Crippen LogP contribution is 2.31. The molecule has 1 saturated heterocycles. The van der Waals surface area contributed by atoms with Gasteiger partial charge in [0.1, 0.15) is 5.69 Å². The van der Waals surface area contributed by atoms with E-state index in [0.717, 1.165) is 45.9 Å². The van der Waals surface area contributed by atoms with Gasteiger partial charge in [-0.15, -0.1) is 11.3 Å². The van der Waals surface area contributed by atoms with Crippen LogP contribution in [0.2, 0.25) is 4.34 Å². The number of amides is 1. The summed E-state index contributed by atoms with van der Waals surface area (Å²) in [5.74, 6) is 1.57. The Bertz CT molecular complexity index is 713. The molecular formula is C18H26ClN3OS. The first-order chi connectivity index (χ1) is 11.4. The molecule has 2 aromatic heterocycles. The lowest BCUT2D eigenvalue weighted by Crippen LogP contribution is -2.40. The average Bonchev–Trinajstić information content (AvgIpc) is 3.00. The molecule has 0 spiro atoms. The van der Waals surface area contributed by atoms with Crippen LogP contribution in [0, 0.1) is 11.8 Å². The van der Waals surface area contributed by atoms with E-state index >= 15 is 0 Å². The number of nitrogens with zero attached hydrogens (tertiary/aromatic N) is 2. The van der Waals surface area contributed by atoms with Crippen LogP contribution in [0.4, 0.5) is 0 Å². The molecule has 1 fully saturated rings. The third-order valence-electron chi connectivity index (χ3n) is 4.81. The Morgan fingerprint density at radius 3 is 2.71 bits per heavy atom. The van der Waals surface area contributed by atoms with Crippen LogP contribution in [-0.4, -0.2) is 41.6 Å². The van der Waals surface area contributed by atoms with Crippen molar-refractivity contribution in [1.29, 1.82) is 0 Å². The van der Waals surface area contributed by atoms with Crippen LogP contribution in [0.25, 0.3) is 10.2 Å². The zero-order valence-electron chi connectivity index (χ0n) is 14.6. The third kappa shape index (κ3) is 3.95. The van der Waals surface area contributed by atoms with Gasteiger partial charge in [0.15, 0.2) is 0 Å². The lowest BCUT2D eigenvalue weighted by molar-refractivity contribution is 0.0939. The minimum atomic E-state index is -0.00240. The number of fused-ring (bicyclic) bond motifs is 1. The molecule has 0 saturated carbocycles. The topological polar surface area (TPSA) is 37.3 Å². The number of carbonyl (C=O) groups excluding carboxylic acids is 1. The van der Waals surface area contributed by atoms with Gasteiger partial charge in [-0.1, -0.05) is 25.4 Å². The molecule has 2 unspecified atom stereocenters. The Hall–Kier alpha value is -1.04. The molecule has 4 nitrogen and oxygen atoms in total. The van der Waals surface area contributed by atoms with Crippen molar-refractivity contribution in [1.82, 2.24) is 14.8 Å². The number of hydrogen-bond donors (Lipinski definition) is 1. The molecule has 1 N–H and O–H groups in total. The van der Waals surface area contributed by atoms with Gasteiger partial charge in [-0.2, -0.15) is 0 Å². The Morgan fingerprint density at radius 2 is 2.04 bits per heavy atom. The molecule has 3 heterocycles. The van der Waals surface area contributed by atoms with E-state index in [2.05, 4.69) is 24.1 Å². The van der Waals surface area contributed by atoms with Crippen LogP contribution in [-0.2, 0) is 7.05 Å². The Balaban J connectivity index is 1.48. The van der Waals surface area contributed by atoms with E-state index in [0.29, 0.717) is 5.69 Å². The molecule has 6 heteroatoms. The summed E-state index contributed by atoms with van der Waals surface area (Å²) in [5.41, 5.74) is 1.72. The van der Waals surface area contributed by atoms with Crippen LogP contribution < -0.4 is 5.32 Å². The molecule has 2 aromatic rings. The fraction of sp³-hybridized carbons (Fsp3) is 0.611. The van der Waals surface area contributed by atoms with Gasteiger partial charge in [0.25, 0.3) is 5.91 Å². The minimum Gasteiger partial charge on any atom is -0.351 e. The number of hydrogen-bond acceptors (Lipinski definition) is 3. The van der Waals surface area contributed by atoms with Crippen molar-refractivity contribution < 1.29 is 4.79 Å². The number of aromatic nitrogens is 1. The van der Waals surface area contributed by atoms with Crippen molar-refractivity contribution in [2.24, 2.45) is 18.9 Å². The van der Waals surface area contributed by atoms with E-state index in [1.807, 2.05) is 23.7 Å². The number of likely N-dealkylation sites (tertiary alicyclic amines) is 1. The smallest absolute Gasteiger partial charge is 0.267 e. The molecule has 0 radical (unpaired) electrons. The first-order valence-electron chi connectivity index (χ1n) is 8.69. The molecular weight excluding hydrogens is 342 g/mol. The van der Waals surface area contributed by atoms with Crippen LogP contribution in [0.3, 0.4) is 0 Å². The monoisotopic (exact) mass is 367 g/mol. The van der Waals surface area contributed by atoms with E-state index in [-0.39, 0.29) is 5.91 Å². The van der Waals surface area contributed by atoms with Crippen LogP contribution in [0.15, 0.2) is 12.1 Å². The fourth-order valence-corrected chi connectivity index (χ4v) is 5.07. The number of piperidine rings is 1. The molecule has 0 aliphatic carbocycles. The van der Waals surface area contributed by atoms with Crippen molar-refractivity contribution >= 4 is 39.1 Å². The van der Waals surface area contributed by atoms with Gasteiger partial charge in [-0.25, -0.2) is 0 Å². The van der Waals surface area contributed by atoms with Crippen molar-refractivity contribution in [3.63, 3.8) is 0 Å². The standard InChI is InChI=1S/C18H26ClN3OS/c1-12-7-13(2)11-22(10-12)6-4-5-20-18(23)15-8-16-14(21(15)3)9-17(19)24-16/h8-9,12-13H,4-7,10-11H2,1-3H3,(H,20,23). The third-order valence-corrected chi connectivity index (χ3v) is 6.01. The Kier molecular flexibility index (Phi) is 5.52. The highest BCUT2D eigenvalue weighted by Gasteiger charge is 2.21. The first kappa shape index (κ1) is 17.8. The predicted molar refractivity (Wildman–Crippen MR) is 102 cm³/mol. The normalized spacial score (nSPS) is 22.2. The maximum Gasteiger partial charge on any atom is 0.267 e. The Labute approximate surface area is 152 Å². The van der Waals surface area contributed by atoms with Crippen molar-refractivity contribution in [2.45, 2.75) is 26.7 Å². The van der Waals surface area contributed by atoms with Gasteiger partial charge in [0.2, 0.25) is 0 Å². The zero-order chi connectivity index (χ0) is 17.3. The molecule has 2 atom stereocenters. The summed E-state index contributed by atoms with van der Waals surface area (Å²) < 4.78 is 3.73. The van der Waals surface area contributed by atoms with Crippen LogP contribution in [0.5, 0.6) is 0 Å². The van der Waals surface area contributed by atoms with Gasteiger partial charge in [-0.05, 0) is 43.4 Å². The van der Waals surface area contributed by atoms with Crippen molar-refractivity contribution in [2.75, 3.05) is 26.2 Å². The lowest BCUT2D eigenvalue weighted by atomic mass is 9.92. The number of carbonyl (C=O) groups is 1. The zero-order valence-corrected chi connectivity index (χ0v) is 16.2. The van der Waals surface area contributed by atoms with Gasteiger partial charge in [0.05, 0.1) is 14.6 Å². The highest BCUT2D eigenvalue weighted by molar-refractivity contribution is 7.22. The van der Waals surface area contributed by atoms with Gasteiger partial charge in [-0.3, -0.25) is 4.79 Å². The van der Waals surface area contributed by atoms with Crippen molar-refractivity contribution in [3.8, 4) is 0 Å². The summed E-state index contributed by atoms with van der Waals surface area (Å²) in [6, 6.07) is 3.84. The predicted octanol–water partition coefficient (Wildman–Crippen LogP) is 3.99. The molecule has 1 aliphatic heterocycles. The van der Waals surface area contributed by atoms with Crippen LogP contribution in [0.1, 0.15) is 37.2 Å². The van der Waals surface area contributed by atoms with Crippen molar-refractivity contribution in [3.05, 3.63) is 22.2 Å². The van der Waals surface area contributed by atoms with E-state index in [1.54, 1.807) is 0 Å². The maximum atomic E-state index is 12.4. The quantitative estimate of drug-likeness (QED) is 0.811. The SMILES string of the molecule is CC1CC(C)CN(CCCNC(=O)c2cc3sc(Cl)cc3n2C)C1. The number of aryl methyl sites for hydroxylation is 1. The Morgan fingerprint density at radius 1 is 1.33 bits per heavy atom. The van der Waals surface area contributed by atoms with E-state index < -0.39 is 0 Å². The molecule has 3 rings (SSSR count). The second-order valence-electron chi connectivity index (χ2n) is 7.20. The molecule has 1 aliphatic rings. The maximum absolute atomic E-state index is 12.4. The van der Waals surface area contributed by atoms with Gasteiger partial charge in [0, 0.05) is 26.7 Å². The second kappa shape index (κ2) is 7.46. The average molecular weight is 368 g/mol. The number of halogens is 1. The summed E-state index contributed by atoms with van der Waals surface area (Å²) in [7, 11) is 1.91. The van der Waals surface area contributed by atoms with Crippen LogP contribution >= 0.6 is 22.9 Å². The van der Waals surface area contributed by atoms with E-state index in [9.17, 15) is 4.79 Å². The summed E-state index contributed by atoms with van der Waals surface area (Å²) >= 11 is 7.53. The fourth-order valence-electron chi connectivity index (χ4n) is 3.87. The minimum absolute atomic E-state index is 0.00240. The molecule has 0 aromatic carbocycles.